The topological polar surface area (TPSA) is 141 Å². The number of phenolic OH excluding ortho intramolecular Hbond substituents is 1. The van der Waals surface area contributed by atoms with Crippen LogP contribution in [0.15, 0.2) is 183 Å². The third-order valence-electron chi connectivity index (χ3n) is 13.1. The number of thioether (sulfide) groups is 2. The van der Waals surface area contributed by atoms with Gasteiger partial charge in [0.15, 0.2) is 11.9 Å². The van der Waals surface area contributed by atoms with Gasteiger partial charge in [-0.2, -0.15) is 10.2 Å². The lowest BCUT2D eigenvalue weighted by molar-refractivity contribution is -0.157. The number of carbonyl (C=O) groups is 4. The molecule has 9 rings (SSSR count). The number of allylic oxidation sites excluding steroid dienone is 4. The number of unbranched alkanes of at least 4 members (excludes halogenated alkanes) is 2. The van der Waals surface area contributed by atoms with Crippen molar-refractivity contribution in [3.8, 4) is 5.75 Å². The predicted molar refractivity (Wildman–Crippen MR) is 274 cm³/mol. The molecule has 69 heavy (non-hydrogen) atoms. The molecule has 1 fully saturated rings. The molecule has 0 saturated carbocycles. The van der Waals surface area contributed by atoms with Crippen molar-refractivity contribution in [2.24, 2.45) is 21.1 Å². The van der Waals surface area contributed by atoms with Gasteiger partial charge in [0, 0.05) is 54.4 Å². The van der Waals surface area contributed by atoms with Crippen LogP contribution in [0.3, 0.4) is 0 Å². The Kier molecular flexibility index (Phi) is 14.2. The molecule has 1 amide bonds. The number of esters is 1. The number of Topliss-reactive ketones (excluding diaryl/α,β-unsaturated/α-hetero) is 1. The number of fused-ring (bicyclic) bond motifs is 3. The third kappa shape index (κ3) is 10.4. The van der Waals surface area contributed by atoms with Crippen molar-refractivity contribution in [2.45, 2.75) is 67.2 Å². The van der Waals surface area contributed by atoms with Gasteiger partial charge >= 0.3 is 5.97 Å². The number of ether oxygens (including phenoxy) is 1. The summed E-state index contributed by atoms with van der Waals surface area (Å²) >= 11 is 3.15. The molecule has 0 aromatic heterocycles. The van der Waals surface area contributed by atoms with E-state index in [0.717, 1.165) is 68.3 Å². The van der Waals surface area contributed by atoms with Gasteiger partial charge in [-0.3, -0.25) is 19.3 Å². The minimum absolute atomic E-state index is 0.0146. The molecule has 4 aliphatic rings. The van der Waals surface area contributed by atoms with Gasteiger partial charge in [0.1, 0.15) is 17.2 Å². The summed E-state index contributed by atoms with van der Waals surface area (Å²) in [7, 11) is 3.98. The molecule has 3 atom stereocenters. The largest absolute Gasteiger partial charge is 0.508 e. The molecule has 13 heteroatoms. The van der Waals surface area contributed by atoms with Crippen molar-refractivity contribution in [2.75, 3.05) is 30.5 Å². The normalized spacial score (nSPS) is 19.4. The zero-order chi connectivity index (χ0) is 48.1. The van der Waals surface area contributed by atoms with Crippen molar-refractivity contribution < 1.29 is 29.0 Å². The maximum absolute atomic E-state index is 14.6. The van der Waals surface area contributed by atoms with Crippen LogP contribution in [0.2, 0.25) is 0 Å². The molecule has 0 spiro atoms. The number of aromatic hydroxyl groups is 1. The minimum atomic E-state index is -0.702. The lowest BCUT2D eigenvalue weighted by atomic mass is 9.67. The van der Waals surface area contributed by atoms with Crippen molar-refractivity contribution in [1.82, 2.24) is 4.90 Å². The van der Waals surface area contributed by atoms with E-state index < -0.39 is 23.4 Å². The fourth-order valence-electron chi connectivity index (χ4n) is 9.36. The van der Waals surface area contributed by atoms with Crippen molar-refractivity contribution >= 4 is 75.4 Å². The van der Waals surface area contributed by atoms with Gasteiger partial charge in [-0.05, 0) is 126 Å². The number of benzene rings is 5. The molecule has 1 aliphatic carbocycles. The lowest BCUT2D eigenvalue weighted by Gasteiger charge is -2.50. The molecule has 5 aromatic carbocycles. The van der Waals surface area contributed by atoms with Crippen LogP contribution in [-0.4, -0.2) is 70.1 Å². The van der Waals surface area contributed by atoms with Crippen LogP contribution in [0.4, 0.5) is 22.7 Å². The Morgan fingerprint density at radius 2 is 1.54 bits per heavy atom. The van der Waals surface area contributed by atoms with E-state index in [9.17, 15) is 24.3 Å². The highest BCUT2D eigenvalue weighted by atomic mass is 32.2. The van der Waals surface area contributed by atoms with E-state index in [1.54, 1.807) is 58.8 Å². The molecular formula is C56H53N5O6S2. The fraction of sp³-hybridized carbons (Fsp3) is 0.268. The van der Waals surface area contributed by atoms with E-state index in [1.165, 1.54) is 6.08 Å². The number of hydrogen-bond donors (Lipinski definition) is 1. The second kappa shape index (κ2) is 20.8. The number of hydrogen-bond acceptors (Lipinski definition) is 12. The second-order valence-electron chi connectivity index (χ2n) is 18.1. The molecule has 3 aliphatic heterocycles. The molecular weight excluding hydrogens is 903 g/mol. The van der Waals surface area contributed by atoms with Crippen LogP contribution < -0.4 is 4.90 Å². The Morgan fingerprint density at radius 1 is 0.870 bits per heavy atom. The zero-order valence-corrected chi connectivity index (χ0v) is 40.4. The monoisotopic (exact) mass is 955 g/mol. The van der Waals surface area contributed by atoms with E-state index in [-0.39, 0.29) is 40.7 Å². The van der Waals surface area contributed by atoms with Crippen LogP contribution in [0, 0.1) is 5.92 Å². The van der Waals surface area contributed by atoms with Crippen molar-refractivity contribution in [3.63, 3.8) is 0 Å². The van der Waals surface area contributed by atoms with E-state index in [0.29, 0.717) is 36.5 Å². The molecule has 3 heterocycles. The summed E-state index contributed by atoms with van der Waals surface area (Å²) in [5, 5.41) is 18.8. The van der Waals surface area contributed by atoms with E-state index in [4.69, 9.17) is 9.73 Å². The van der Waals surface area contributed by atoms with Crippen LogP contribution >= 0.6 is 23.5 Å². The van der Waals surface area contributed by atoms with Crippen molar-refractivity contribution in [3.05, 3.63) is 179 Å². The van der Waals surface area contributed by atoms with Gasteiger partial charge in [0.25, 0.3) is 0 Å². The summed E-state index contributed by atoms with van der Waals surface area (Å²) in [5.41, 5.74) is 7.91. The average Bonchev–Trinajstić information content (AvgIpc) is 3.37. The molecule has 0 bridgehead atoms. The smallest absolute Gasteiger partial charge is 0.356 e. The number of azo groups is 1. The Hall–Kier alpha value is -6.83. The highest BCUT2D eigenvalue weighted by Crippen LogP contribution is 2.49. The SMILES string of the molecule is CN(C)c1ccc(N=Nc2ccc(SCC3=C(C(=O)OC(c4ccccc4)c4ccccc4)N4C(=O)C(CC(=O)CCCCCC5(C)C6=CC(=O)C=CC6=Nc6ccc(O)cc65)C4SC3)cc2)cc1. The summed E-state index contributed by atoms with van der Waals surface area (Å²) in [4.78, 5) is 64.2. The lowest BCUT2D eigenvalue weighted by Crippen LogP contribution is -2.62. The number of phenols is 1. The molecule has 1 N–H and O–H groups in total. The fourth-order valence-corrected chi connectivity index (χ4v) is 11.8. The molecule has 350 valence electrons. The molecule has 11 nitrogen and oxygen atoms in total. The number of nitrogens with zero attached hydrogens (tertiary/aromatic N) is 5. The van der Waals surface area contributed by atoms with Gasteiger partial charge in [-0.25, -0.2) is 9.79 Å². The Labute approximate surface area is 411 Å². The average molecular weight is 956 g/mol. The highest BCUT2D eigenvalue weighted by molar-refractivity contribution is 8.01. The number of aliphatic imine (C=N–C) groups is 1. The van der Waals surface area contributed by atoms with Crippen molar-refractivity contribution in [1.29, 1.82) is 0 Å². The summed E-state index contributed by atoms with van der Waals surface area (Å²) in [6, 6.07) is 39.9. The van der Waals surface area contributed by atoms with Crippen LogP contribution in [-0.2, 0) is 29.3 Å². The van der Waals surface area contributed by atoms with Crippen LogP contribution in [0.25, 0.3) is 0 Å². The quantitative estimate of drug-likeness (QED) is 0.0227. The second-order valence-corrected chi connectivity index (χ2v) is 20.3. The first-order chi connectivity index (χ1) is 33.4. The van der Waals surface area contributed by atoms with E-state index in [2.05, 4.69) is 17.2 Å². The first kappa shape index (κ1) is 47.2. The van der Waals surface area contributed by atoms with Crippen LogP contribution in [0.5, 0.6) is 5.75 Å². The number of anilines is 1. The van der Waals surface area contributed by atoms with Gasteiger partial charge in [0.2, 0.25) is 5.91 Å². The standard InChI is InChI=1S/C56H53N5O6S2/c1-56(47-32-43(63)24-28-49(47)57-50-29-25-44(64)33-48(50)56)30-12-6-11-17-42(62)31-46-53(65)61-51(55(66)67-52(36-13-7-4-8-14-36)37-15-9-5-10-16-37)38(35-69-54(46)61)34-68-45-26-20-40(21-27-45)59-58-39-18-22-41(23-19-39)60(2)3/h4-5,7-10,13-16,18-29,32-33,46,52,54,63H,6,11-12,17,30-31,34-35H2,1-3H3. The number of amides is 1. The van der Waals surface area contributed by atoms with Gasteiger partial charge < -0.3 is 14.7 Å². The van der Waals surface area contributed by atoms with E-state index in [1.807, 2.05) is 128 Å². The Morgan fingerprint density at radius 3 is 2.20 bits per heavy atom. The minimum Gasteiger partial charge on any atom is -0.508 e. The maximum atomic E-state index is 14.6. The first-order valence-corrected chi connectivity index (χ1v) is 25.3. The summed E-state index contributed by atoms with van der Waals surface area (Å²) in [5.74, 6) is -0.348. The van der Waals surface area contributed by atoms with Gasteiger partial charge in [-0.1, -0.05) is 80.4 Å². The highest BCUT2D eigenvalue weighted by Gasteiger charge is 2.54. The summed E-state index contributed by atoms with van der Waals surface area (Å²) in [6.45, 7) is 2.09. The Bertz CT molecular complexity index is 2870. The summed E-state index contributed by atoms with van der Waals surface area (Å²) < 4.78 is 6.40. The number of carbonyl (C=O) groups excluding carboxylic acids is 4. The first-order valence-electron chi connectivity index (χ1n) is 23.2. The van der Waals surface area contributed by atoms with E-state index >= 15 is 0 Å². The molecule has 0 radical (unpaired) electrons. The maximum Gasteiger partial charge on any atom is 0.356 e. The van der Waals surface area contributed by atoms with Gasteiger partial charge in [-0.15, -0.1) is 23.5 Å². The molecule has 5 aromatic rings. The molecule has 3 unspecified atom stereocenters. The summed E-state index contributed by atoms with van der Waals surface area (Å²) in [6.07, 6.45) is 7.56. The number of β-lactam (4-membered cyclic amide) rings is 1. The van der Waals surface area contributed by atoms with Crippen LogP contribution in [0.1, 0.15) is 68.2 Å². The van der Waals surface area contributed by atoms with Gasteiger partial charge in [0.05, 0.1) is 34.1 Å². The Balaban J connectivity index is 0.863. The zero-order valence-electron chi connectivity index (χ0n) is 38.8. The number of rotatable bonds is 18. The predicted octanol–water partition coefficient (Wildman–Crippen LogP) is 12.1. The molecule has 1 saturated heterocycles. The third-order valence-corrected chi connectivity index (χ3v) is 15.6. The number of ketones is 2.